The van der Waals surface area contributed by atoms with E-state index in [0.717, 1.165) is 54.8 Å². The molecule has 176 valence electrons. The van der Waals surface area contributed by atoms with Crippen LogP contribution in [0.5, 0.6) is 11.5 Å². The van der Waals surface area contributed by atoms with Crippen molar-refractivity contribution < 1.29 is 9.47 Å². The standard InChI is InChI=1S/C25H31N5O2.HI/c1-26-25(28-17-24-23-7-5-4-6-18(23)8-11-27-24)29-19-9-12-30(13-10-19)20-14-21(31-2)16-22(15-20)32-3;/h4-8,11,14-16,19H,9-10,12-13,17H2,1-3H3,(H2,26,28,29);1H. The molecule has 33 heavy (non-hydrogen) atoms. The highest BCUT2D eigenvalue weighted by molar-refractivity contribution is 14.0. The molecule has 0 bridgehead atoms. The van der Waals surface area contributed by atoms with Crippen LogP contribution in [0.25, 0.3) is 10.8 Å². The number of hydrogen-bond acceptors (Lipinski definition) is 5. The summed E-state index contributed by atoms with van der Waals surface area (Å²) in [7, 11) is 5.17. The van der Waals surface area contributed by atoms with Crippen molar-refractivity contribution >= 4 is 46.4 Å². The Labute approximate surface area is 212 Å². The van der Waals surface area contributed by atoms with Crippen molar-refractivity contribution in [3.63, 3.8) is 0 Å². The van der Waals surface area contributed by atoms with E-state index in [1.54, 1.807) is 14.2 Å². The van der Waals surface area contributed by atoms with Crippen molar-refractivity contribution in [2.45, 2.75) is 25.4 Å². The molecule has 0 spiro atoms. The van der Waals surface area contributed by atoms with E-state index in [1.807, 2.05) is 37.5 Å². The Hall–Kier alpha value is -2.75. The Morgan fingerprint density at radius 3 is 2.42 bits per heavy atom. The molecular formula is C25H32IN5O2. The molecule has 0 amide bonds. The fraction of sp³-hybridized carbons (Fsp3) is 0.360. The Balaban J connectivity index is 0.00000306. The van der Waals surface area contributed by atoms with E-state index in [4.69, 9.17) is 9.47 Å². The molecule has 0 atom stereocenters. The van der Waals surface area contributed by atoms with Crippen LogP contribution in [0.2, 0.25) is 0 Å². The molecule has 0 radical (unpaired) electrons. The molecule has 0 saturated carbocycles. The van der Waals surface area contributed by atoms with E-state index in [1.165, 1.54) is 10.8 Å². The third kappa shape index (κ3) is 6.19. The number of pyridine rings is 1. The lowest BCUT2D eigenvalue weighted by molar-refractivity contribution is 0.393. The zero-order valence-corrected chi connectivity index (χ0v) is 21.7. The molecule has 1 aliphatic rings. The minimum atomic E-state index is 0. The minimum absolute atomic E-state index is 0. The molecule has 3 aromatic rings. The summed E-state index contributed by atoms with van der Waals surface area (Å²) < 4.78 is 10.8. The second-order valence-electron chi connectivity index (χ2n) is 7.88. The lowest BCUT2D eigenvalue weighted by Gasteiger charge is -2.34. The minimum Gasteiger partial charge on any atom is -0.497 e. The van der Waals surface area contributed by atoms with Crippen LogP contribution in [0.1, 0.15) is 18.5 Å². The van der Waals surface area contributed by atoms with E-state index in [-0.39, 0.29) is 24.0 Å². The average Bonchev–Trinajstić information content (AvgIpc) is 2.86. The van der Waals surface area contributed by atoms with Crippen LogP contribution in [0.15, 0.2) is 59.7 Å². The van der Waals surface area contributed by atoms with Gasteiger partial charge in [0.25, 0.3) is 0 Å². The highest BCUT2D eigenvalue weighted by Gasteiger charge is 2.21. The monoisotopic (exact) mass is 561 g/mol. The van der Waals surface area contributed by atoms with Gasteiger partial charge in [0, 0.05) is 61.6 Å². The SMILES string of the molecule is CN=C(NCc1nccc2ccccc12)NC1CCN(c2cc(OC)cc(OC)c2)CC1.I. The highest BCUT2D eigenvalue weighted by Crippen LogP contribution is 2.30. The fourth-order valence-electron chi connectivity index (χ4n) is 4.14. The Bertz CT molecular complexity index is 1060. The number of anilines is 1. The van der Waals surface area contributed by atoms with E-state index >= 15 is 0 Å². The number of nitrogens with zero attached hydrogens (tertiary/aromatic N) is 3. The lowest BCUT2D eigenvalue weighted by Crippen LogP contribution is -2.48. The first-order valence-corrected chi connectivity index (χ1v) is 11.0. The highest BCUT2D eigenvalue weighted by atomic mass is 127. The summed E-state index contributed by atoms with van der Waals surface area (Å²) in [6, 6.07) is 16.8. The Morgan fingerprint density at radius 1 is 1.06 bits per heavy atom. The summed E-state index contributed by atoms with van der Waals surface area (Å²) in [6.07, 6.45) is 3.90. The average molecular weight is 561 g/mol. The van der Waals surface area contributed by atoms with Gasteiger partial charge in [0.15, 0.2) is 5.96 Å². The Morgan fingerprint density at radius 2 is 1.76 bits per heavy atom. The number of ether oxygens (including phenoxy) is 2. The number of benzene rings is 2. The first kappa shape index (κ1) is 24.9. The van der Waals surface area contributed by atoms with Crippen molar-refractivity contribution in [2.24, 2.45) is 4.99 Å². The van der Waals surface area contributed by atoms with Crippen molar-refractivity contribution in [1.82, 2.24) is 15.6 Å². The second-order valence-corrected chi connectivity index (χ2v) is 7.88. The van der Waals surface area contributed by atoms with Crippen LogP contribution in [-0.2, 0) is 6.54 Å². The summed E-state index contributed by atoms with van der Waals surface area (Å²) in [5.74, 6) is 2.43. The third-order valence-corrected chi connectivity index (χ3v) is 5.94. The number of guanidine groups is 1. The van der Waals surface area contributed by atoms with Crippen LogP contribution < -0.4 is 25.0 Å². The molecular weight excluding hydrogens is 529 g/mol. The van der Waals surface area contributed by atoms with Gasteiger partial charge in [0.05, 0.1) is 26.5 Å². The van der Waals surface area contributed by atoms with E-state index in [0.29, 0.717) is 12.6 Å². The summed E-state index contributed by atoms with van der Waals surface area (Å²) in [6.45, 7) is 2.54. The molecule has 4 rings (SSSR count). The number of hydrogen-bond donors (Lipinski definition) is 2. The van der Waals surface area contributed by atoms with E-state index < -0.39 is 0 Å². The fourth-order valence-corrected chi connectivity index (χ4v) is 4.14. The van der Waals surface area contributed by atoms with Crippen molar-refractivity contribution in [3.8, 4) is 11.5 Å². The van der Waals surface area contributed by atoms with Crippen LogP contribution in [0, 0.1) is 0 Å². The molecule has 2 aromatic carbocycles. The molecule has 2 heterocycles. The van der Waals surface area contributed by atoms with Gasteiger partial charge in [-0.2, -0.15) is 0 Å². The maximum atomic E-state index is 5.42. The summed E-state index contributed by atoms with van der Waals surface area (Å²) in [5.41, 5.74) is 2.15. The van der Waals surface area contributed by atoms with Gasteiger partial charge in [-0.05, 0) is 24.3 Å². The maximum absolute atomic E-state index is 5.42. The van der Waals surface area contributed by atoms with Crippen molar-refractivity contribution in [2.75, 3.05) is 39.3 Å². The van der Waals surface area contributed by atoms with Crippen LogP contribution in [0.3, 0.4) is 0 Å². The third-order valence-electron chi connectivity index (χ3n) is 5.94. The Kier molecular flexibility index (Phi) is 8.99. The normalized spacial score (nSPS) is 14.5. The molecule has 8 heteroatoms. The predicted octanol–water partition coefficient (Wildman–Crippen LogP) is 4.20. The van der Waals surface area contributed by atoms with Gasteiger partial charge < -0.3 is 25.0 Å². The largest absolute Gasteiger partial charge is 0.497 e. The van der Waals surface area contributed by atoms with E-state index in [2.05, 4.69) is 49.8 Å². The molecule has 0 aliphatic carbocycles. The zero-order valence-electron chi connectivity index (χ0n) is 19.4. The number of aliphatic imine (C=N–C) groups is 1. The summed E-state index contributed by atoms with van der Waals surface area (Å²) in [4.78, 5) is 11.4. The van der Waals surface area contributed by atoms with Crippen molar-refractivity contribution in [3.05, 3.63) is 60.4 Å². The topological polar surface area (TPSA) is 71.0 Å². The van der Waals surface area contributed by atoms with Gasteiger partial charge in [0.2, 0.25) is 0 Å². The molecule has 2 N–H and O–H groups in total. The molecule has 1 saturated heterocycles. The van der Waals surface area contributed by atoms with Crippen LogP contribution >= 0.6 is 24.0 Å². The number of aromatic nitrogens is 1. The summed E-state index contributed by atoms with van der Waals surface area (Å²) >= 11 is 0. The van der Waals surface area contributed by atoms with Gasteiger partial charge in [-0.25, -0.2) is 0 Å². The first-order valence-electron chi connectivity index (χ1n) is 11.0. The van der Waals surface area contributed by atoms with E-state index in [9.17, 15) is 0 Å². The number of methoxy groups -OCH3 is 2. The van der Waals surface area contributed by atoms with Gasteiger partial charge in [0.1, 0.15) is 11.5 Å². The van der Waals surface area contributed by atoms with Crippen LogP contribution in [0.4, 0.5) is 5.69 Å². The summed E-state index contributed by atoms with van der Waals surface area (Å²) in [5, 5.41) is 9.37. The molecule has 7 nitrogen and oxygen atoms in total. The molecule has 1 aliphatic heterocycles. The van der Waals surface area contributed by atoms with Crippen molar-refractivity contribution in [1.29, 1.82) is 0 Å². The predicted molar refractivity (Wildman–Crippen MR) is 145 cm³/mol. The van der Waals surface area contributed by atoms with Gasteiger partial charge in [-0.3, -0.25) is 9.98 Å². The van der Waals surface area contributed by atoms with Gasteiger partial charge >= 0.3 is 0 Å². The number of fused-ring (bicyclic) bond motifs is 1. The van der Waals surface area contributed by atoms with Gasteiger partial charge in [-0.1, -0.05) is 24.3 Å². The number of rotatable bonds is 6. The smallest absolute Gasteiger partial charge is 0.191 e. The molecule has 1 fully saturated rings. The lowest BCUT2D eigenvalue weighted by atomic mass is 10.0. The quantitative estimate of drug-likeness (QED) is 0.267. The molecule has 1 aromatic heterocycles. The van der Waals surface area contributed by atoms with Gasteiger partial charge in [-0.15, -0.1) is 24.0 Å². The maximum Gasteiger partial charge on any atom is 0.191 e. The second kappa shape index (κ2) is 11.9. The number of halogens is 1. The number of nitrogens with one attached hydrogen (secondary N) is 2. The van der Waals surface area contributed by atoms with Crippen LogP contribution in [-0.4, -0.2) is 51.3 Å². The number of piperidine rings is 1. The molecule has 0 unspecified atom stereocenters. The first-order chi connectivity index (χ1) is 15.7. The zero-order chi connectivity index (χ0) is 22.3.